The van der Waals surface area contributed by atoms with Crippen LogP contribution in [0.1, 0.15) is 106 Å². The van der Waals surface area contributed by atoms with Gasteiger partial charge in [0.05, 0.1) is 0 Å². The molecule has 0 saturated carbocycles. The average Bonchev–Trinajstić information content (AvgIpc) is 2.61. The highest BCUT2D eigenvalue weighted by molar-refractivity contribution is 6.28. The number of anilines is 2. The minimum absolute atomic E-state index is 0.0354. The monoisotopic (exact) mass is 397 g/mol. The number of hydrogen-bond donors (Lipinski definition) is 2. The van der Waals surface area contributed by atoms with Gasteiger partial charge in [0.25, 0.3) is 0 Å². The Kier molecular flexibility index (Phi) is 10.4. The molecule has 1 rings (SSSR count). The van der Waals surface area contributed by atoms with Crippen LogP contribution in [0.25, 0.3) is 0 Å². The van der Waals surface area contributed by atoms with Crippen LogP contribution in [0, 0.1) is 0 Å². The summed E-state index contributed by atoms with van der Waals surface area (Å²) in [7, 11) is 0. The summed E-state index contributed by atoms with van der Waals surface area (Å²) in [4.78, 5) is 13.3. The summed E-state index contributed by atoms with van der Waals surface area (Å²) >= 11 is 6.21. The van der Waals surface area contributed by atoms with Gasteiger partial charge < -0.3 is 10.6 Å². The summed E-state index contributed by atoms with van der Waals surface area (Å²) in [5.41, 5.74) is -0.0708. The second-order valence-electron chi connectivity index (χ2n) is 8.24. The van der Waals surface area contributed by atoms with Crippen LogP contribution in [0.2, 0.25) is 5.28 Å². The van der Waals surface area contributed by atoms with Gasteiger partial charge in [-0.05, 0) is 51.1 Å². The first-order chi connectivity index (χ1) is 12.8. The lowest BCUT2D eigenvalue weighted by molar-refractivity contribution is 0.426. The Morgan fingerprint density at radius 2 is 1.11 bits per heavy atom. The lowest BCUT2D eigenvalue weighted by Gasteiger charge is -2.31. The van der Waals surface area contributed by atoms with Gasteiger partial charge in [-0.3, -0.25) is 0 Å². The maximum Gasteiger partial charge on any atom is 0.229 e. The highest BCUT2D eigenvalue weighted by Gasteiger charge is 2.25. The number of aromatic nitrogens is 3. The fourth-order valence-corrected chi connectivity index (χ4v) is 3.35. The normalized spacial score (nSPS) is 15.8. The van der Waals surface area contributed by atoms with Crippen molar-refractivity contribution in [2.45, 2.75) is 117 Å². The molecular formula is C21H40ClN5. The van der Waals surface area contributed by atoms with E-state index >= 15 is 0 Å². The quantitative estimate of drug-likeness (QED) is 0.336. The van der Waals surface area contributed by atoms with Crippen LogP contribution in [0.4, 0.5) is 11.9 Å². The van der Waals surface area contributed by atoms with Crippen molar-refractivity contribution < 1.29 is 0 Å². The van der Waals surface area contributed by atoms with Gasteiger partial charge in [-0.25, -0.2) is 0 Å². The summed E-state index contributed by atoms with van der Waals surface area (Å²) in [6.07, 6.45) is 11.5. The first-order valence-electron chi connectivity index (χ1n) is 10.8. The zero-order valence-electron chi connectivity index (χ0n) is 18.3. The first-order valence-corrected chi connectivity index (χ1v) is 11.2. The molecule has 6 heteroatoms. The van der Waals surface area contributed by atoms with Crippen LogP contribution in [0.3, 0.4) is 0 Å². The third-order valence-electron chi connectivity index (χ3n) is 5.66. The number of unbranched alkanes of at least 4 members (excludes halogenated alkanes) is 4. The smallest absolute Gasteiger partial charge is 0.229 e. The van der Waals surface area contributed by atoms with Crippen LogP contribution >= 0.6 is 11.6 Å². The third kappa shape index (κ3) is 8.63. The van der Waals surface area contributed by atoms with Crippen LogP contribution < -0.4 is 10.6 Å². The molecule has 27 heavy (non-hydrogen) atoms. The summed E-state index contributed by atoms with van der Waals surface area (Å²) in [6.45, 7) is 13.3. The van der Waals surface area contributed by atoms with E-state index in [0.717, 1.165) is 25.7 Å². The Balaban J connectivity index is 2.88. The van der Waals surface area contributed by atoms with Gasteiger partial charge in [0.1, 0.15) is 0 Å². The molecule has 0 aromatic carbocycles. The van der Waals surface area contributed by atoms with Gasteiger partial charge in [0.2, 0.25) is 17.2 Å². The van der Waals surface area contributed by atoms with Crippen molar-refractivity contribution in [2.24, 2.45) is 0 Å². The number of nitrogens with zero attached hydrogens (tertiary/aromatic N) is 3. The lowest BCUT2D eigenvalue weighted by atomic mass is 9.91. The highest BCUT2D eigenvalue weighted by atomic mass is 35.5. The van der Waals surface area contributed by atoms with E-state index in [1.807, 2.05) is 0 Å². The maximum atomic E-state index is 6.21. The van der Waals surface area contributed by atoms with Gasteiger partial charge >= 0.3 is 0 Å². The topological polar surface area (TPSA) is 62.7 Å². The van der Waals surface area contributed by atoms with Gasteiger partial charge in [0, 0.05) is 11.1 Å². The molecule has 1 heterocycles. The van der Waals surface area contributed by atoms with Gasteiger partial charge in [-0.1, -0.05) is 66.2 Å². The summed E-state index contributed by atoms with van der Waals surface area (Å²) in [5, 5.41) is 7.26. The minimum Gasteiger partial charge on any atom is -0.349 e. The average molecular weight is 398 g/mol. The van der Waals surface area contributed by atoms with Crippen molar-refractivity contribution in [3.63, 3.8) is 0 Å². The number of nitrogens with one attached hydrogen (secondary N) is 2. The predicted molar refractivity (Wildman–Crippen MR) is 118 cm³/mol. The first kappa shape index (κ1) is 23.9. The Labute approximate surface area is 171 Å². The predicted octanol–water partition coefficient (Wildman–Crippen LogP) is 6.85. The molecule has 1 aromatic rings. The molecule has 0 bridgehead atoms. The van der Waals surface area contributed by atoms with Crippen LogP contribution in [-0.4, -0.2) is 26.0 Å². The Bertz CT molecular complexity index is 509. The molecule has 0 aliphatic heterocycles. The number of rotatable bonds is 14. The summed E-state index contributed by atoms with van der Waals surface area (Å²) < 4.78 is 0. The Hall–Kier alpha value is -1.10. The third-order valence-corrected chi connectivity index (χ3v) is 5.83. The molecule has 5 nitrogen and oxygen atoms in total. The van der Waals surface area contributed by atoms with Crippen molar-refractivity contribution in [1.29, 1.82) is 0 Å². The standard InChI is InChI=1S/C21H40ClN5/c1-7-11-13-15-20(5,9-3)26-18-23-17(22)24-19(25-18)27-21(6,10-4)16-14-12-8-2/h7-16H2,1-6H3,(H2,23,24,25,26,27). The Morgan fingerprint density at radius 1 is 0.704 bits per heavy atom. The molecule has 2 atom stereocenters. The van der Waals surface area contributed by atoms with Gasteiger partial charge in [0.15, 0.2) is 0 Å². The fraction of sp³-hybridized carbons (Fsp3) is 0.857. The Morgan fingerprint density at radius 3 is 1.44 bits per heavy atom. The van der Waals surface area contributed by atoms with Crippen LogP contribution in [-0.2, 0) is 0 Å². The van der Waals surface area contributed by atoms with Crippen molar-refractivity contribution in [3.05, 3.63) is 5.28 Å². The molecule has 0 aliphatic carbocycles. The van der Waals surface area contributed by atoms with E-state index in [-0.39, 0.29) is 16.4 Å². The minimum atomic E-state index is -0.0354. The van der Waals surface area contributed by atoms with Crippen LogP contribution in [0.15, 0.2) is 0 Å². The van der Waals surface area contributed by atoms with Gasteiger partial charge in [-0.2, -0.15) is 15.0 Å². The van der Waals surface area contributed by atoms with E-state index in [2.05, 4.69) is 67.1 Å². The molecule has 0 radical (unpaired) electrons. The molecular weight excluding hydrogens is 358 g/mol. The zero-order valence-corrected chi connectivity index (χ0v) is 19.0. The van der Waals surface area contributed by atoms with Crippen LogP contribution in [0.5, 0.6) is 0 Å². The largest absolute Gasteiger partial charge is 0.349 e. The molecule has 0 aliphatic rings. The van der Waals surface area contributed by atoms with E-state index in [1.54, 1.807) is 0 Å². The van der Waals surface area contributed by atoms with Crippen molar-refractivity contribution in [3.8, 4) is 0 Å². The lowest BCUT2D eigenvalue weighted by Crippen LogP contribution is -2.36. The molecule has 0 fully saturated rings. The molecule has 1 aromatic heterocycles. The molecule has 2 unspecified atom stereocenters. The van der Waals surface area contributed by atoms with E-state index in [4.69, 9.17) is 11.6 Å². The molecule has 0 saturated heterocycles. The van der Waals surface area contributed by atoms with Gasteiger partial charge in [-0.15, -0.1) is 0 Å². The van der Waals surface area contributed by atoms with E-state index in [9.17, 15) is 0 Å². The van der Waals surface area contributed by atoms with Crippen molar-refractivity contribution in [1.82, 2.24) is 15.0 Å². The zero-order chi connectivity index (χ0) is 20.3. The van der Waals surface area contributed by atoms with E-state index in [0.29, 0.717) is 11.9 Å². The summed E-state index contributed by atoms with van der Waals surface area (Å²) in [5.74, 6) is 1.12. The molecule has 2 N–H and O–H groups in total. The van der Waals surface area contributed by atoms with Crippen molar-refractivity contribution in [2.75, 3.05) is 10.6 Å². The molecule has 0 spiro atoms. The number of hydrogen-bond acceptors (Lipinski definition) is 5. The van der Waals surface area contributed by atoms with E-state index in [1.165, 1.54) is 38.5 Å². The second-order valence-corrected chi connectivity index (χ2v) is 8.58. The fourth-order valence-electron chi connectivity index (χ4n) is 3.19. The molecule has 156 valence electrons. The van der Waals surface area contributed by atoms with Crippen molar-refractivity contribution >= 4 is 23.5 Å². The summed E-state index contributed by atoms with van der Waals surface area (Å²) in [6, 6.07) is 0. The SMILES string of the molecule is CCCCCC(C)(CC)Nc1nc(Cl)nc(NC(C)(CC)CCCCC)n1. The highest BCUT2D eigenvalue weighted by Crippen LogP contribution is 2.26. The molecule has 0 amide bonds. The van der Waals surface area contributed by atoms with E-state index < -0.39 is 0 Å². The second kappa shape index (κ2) is 11.7. The maximum absolute atomic E-state index is 6.21. The number of halogens is 1.